The lowest BCUT2D eigenvalue weighted by atomic mass is 9.62. The molecule has 0 saturated carbocycles. The number of ether oxygens (including phenoxy) is 2. The van der Waals surface area contributed by atoms with Crippen LogP contribution in [0.2, 0.25) is 0 Å². The molecule has 1 aromatic heterocycles. The van der Waals surface area contributed by atoms with Gasteiger partial charge in [-0.2, -0.15) is 0 Å². The Morgan fingerprint density at radius 1 is 1.08 bits per heavy atom. The Morgan fingerprint density at radius 2 is 1.81 bits per heavy atom. The van der Waals surface area contributed by atoms with Crippen LogP contribution in [0, 0.1) is 0 Å². The minimum atomic E-state index is -1.35. The summed E-state index contributed by atoms with van der Waals surface area (Å²) in [5.74, 6) is -1.52. The molecule has 0 aliphatic carbocycles. The first-order valence-electron chi connectivity index (χ1n) is 12.0. The molecule has 0 radical (unpaired) electrons. The van der Waals surface area contributed by atoms with Crippen LogP contribution in [0.1, 0.15) is 44.2 Å². The zero-order chi connectivity index (χ0) is 25.9. The number of nitrogens with one attached hydrogen (secondary N) is 1. The monoisotopic (exact) mass is 506 g/mol. The second-order valence-electron chi connectivity index (χ2n) is 8.65. The molecular weight excluding hydrogens is 476 g/mol. The van der Waals surface area contributed by atoms with E-state index >= 15 is 0 Å². The van der Waals surface area contributed by atoms with Gasteiger partial charge in [-0.25, -0.2) is 9.78 Å². The predicted molar refractivity (Wildman–Crippen MR) is 139 cm³/mol. The van der Waals surface area contributed by atoms with E-state index in [2.05, 4.69) is 5.32 Å². The molecule has 3 atom stereocenters. The summed E-state index contributed by atoms with van der Waals surface area (Å²) in [7, 11) is 0. The molecule has 2 N–H and O–H groups in total. The van der Waals surface area contributed by atoms with Gasteiger partial charge in [0.25, 0.3) is 0 Å². The third-order valence-corrected chi connectivity index (χ3v) is 7.50. The van der Waals surface area contributed by atoms with Gasteiger partial charge in [0.2, 0.25) is 0 Å². The number of thiazole rings is 1. The van der Waals surface area contributed by atoms with Crippen LogP contribution in [0.3, 0.4) is 0 Å². The van der Waals surface area contributed by atoms with E-state index in [0.29, 0.717) is 22.0 Å². The molecule has 1 aliphatic heterocycles. The summed E-state index contributed by atoms with van der Waals surface area (Å²) in [6.45, 7) is 7.64. The molecule has 3 unspecified atom stereocenters. The number of phenolic OH excluding ortho intramolecular Hbond substituents is 1. The Bertz CT molecular complexity index is 1290. The minimum Gasteiger partial charge on any atom is -0.508 e. The summed E-state index contributed by atoms with van der Waals surface area (Å²) >= 11 is 1.33. The third-order valence-electron chi connectivity index (χ3n) is 6.51. The molecule has 7 nitrogen and oxygen atoms in total. The molecule has 0 amide bonds. The lowest BCUT2D eigenvalue weighted by molar-refractivity contribution is -0.153. The number of nitrogens with zero attached hydrogens (tertiary/aromatic N) is 1. The third kappa shape index (κ3) is 4.37. The largest absolute Gasteiger partial charge is 0.508 e. The lowest BCUT2D eigenvalue weighted by Crippen LogP contribution is -2.60. The van der Waals surface area contributed by atoms with E-state index in [1.54, 1.807) is 32.0 Å². The van der Waals surface area contributed by atoms with Gasteiger partial charge < -0.3 is 19.9 Å². The maximum Gasteiger partial charge on any atom is 0.336 e. The molecular formula is C28H30N2O5S. The Hall–Kier alpha value is -3.65. The number of carbonyl (C=O) groups is 2. The summed E-state index contributed by atoms with van der Waals surface area (Å²) in [5, 5.41) is 15.7. The van der Waals surface area contributed by atoms with Gasteiger partial charge in [0.1, 0.15) is 10.8 Å². The van der Waals surface area contributed by atoms with Gasteiger partial charge >= 0.3 is 11.9 Å². The van der Waals surface area contributed by atoms with Gasteiger partial charge in [0.15, 0.2) is 5.41 Å². The van der Waals surface area contributed by atoms with Crippen molar-refractivity contribution in [2.24, 2.45) is 0 Å². The van der Waals surface area contributed by atoms with E-state index in [1.807, 2.05) is 55.6 Å². The first-order chi connectivity index (χ1) is 17.3. The molecule has 2 aromatic carbocycles. The number of aromatic nitrogens is 1. The molecule has 2 heterocycles. The van der Waals surface area contributed by atoms with E-state index < -0.39 is 29.3 Å². The molecule has 0 bridgehead atoms. The SMILES string of the molecule is CCOC(=O)C1=C(C)NC(C)C(C(=O)OCC)(c2nc(-c3cccc(O)c3)cs2)C1c1ccccc1. The number of benzene rings is 2. The number of hydrogen-bond acceptors (Lipinski definition) is 8. The Kier molecular flexibility index (Phi) is 7.45. The van der Waals surface area contributed by atoms with Crippen LogP contribution in [0.15, 0.2) is 71.2 Å². The number of esters is 2. The van der Waals surface area contributed by atoms with Crippen molar-refractivity contribution in [1.29, 1.82) is 0 Å². The molecule has 3 aromatic rings. The molecule has 1 aliphatic rings. The van der Waals surface area contributed by atoms with Crippen LogP contribution in [0.4, 0.5) is 0 Å². The minimum absolute atomic E-state index is 0.125. The van der Waals surface area contributed by atoms with Gasteiger partial charge in [-0.1, -0.05) is 42.5 Å². The van der Waals surface area contributed by atoms with Gasteiger partial charge in [-0.15, -0.1) is 11.3 Å². The van der Waals surface area contributed by atoms with Gasteiger partial charge in [0, 0.05) is 28.6 Å². The topological polar surface area (TPSA) is 97.8 Å². The van der Waals surface area contributed by atoms with E-state index in [0.717, 1.165) is 11.1 Å². The molecule has 0 saturated heterocycles. The Morgan fingerprint density at radius 3 is 2.47 bits per heavy atom. The summed E-state index contributed by atoms with van der Waals surface area (Å²) in [6, 6.07) is 15.8. The number of allylic oxidation sites excluding steroid dienone is 1. The zero-order valence-corrected chi connectivity index (χ0v) is 21.6. The average Bonchev–Trinajstić information content (AvgIpc) is 3.35. The number of phenols is 1. The number of carbonyl (C=O) groups excluding carboxylic acids is 2. The highest BCUT2D eigenvalue weighted by atomic mass is 32.1. The second kappa shape index (κ2) is 10.5. The van der Waals surface area contributed by atoms with Crippen molar-refractivity contribution in [3.8, 4) is 17.0 Å². The quantitative estimate of drug-likeness (QED) is 0.439. The van der Waals surface area contributed by atoms with Crippen molar-refractivity contribution in [2.45, 2.75) is 45.1 Å². The van der Waals surface area contributed by atoms with Crippen molar-refractivity contribution in [1.82, 2.24) is 10.3 Å². The van der Waals surface area contributed by atoms with Crippen molar-refractivity contribution in [3.63, 3.8) is 0 Å². The smallest absolute Gasteiger partial charge is 0.336 e. The van der Waals surface area contributed by atoms with E-state index in [1.165, 1.54) is 11.3 Å². The highest BCUT2D eigenvalue weighted by Gasteiger charge is 2.60. The fourth-order valence-electron chi connectivity index (χ4n) is 4.97. The standard InChI is InChI=1S/C28H30N2O5S/c1-5-34-25(32)23-17(3)29-18(4)28(27(33)35-6-2,24(23)19-11-8-7-9-12-19)26-30-22(16-36-26)20-13-10-14-21(31)15-20/h7-16,18,24,29,31H,5-6H2,1-4H3. The number of rotatable bonds is 7. The Labute approximate surface area is 214 Å². The lowest BCUT2D eigenvalue weighted by Gasteiger charge is -2.46. The summed E-state index contributed by atoms with van der Waals surface area (Å²) in [5.41, 5.74) is 1.82. The van der Waals surface area contributed by atoms with E-state index in [9.17, 15) is 14.7 Å². The van der Waals surface area contributed by atoms with E-state index in [4.69, 9.17) is 14.5 Å². The summed E-state index contributed by atoms with van der Waals surface area (Å²) in [6.07, 6.45) is 0. The van der Waals surface area contributed by atoms with Crippen LogP contribution in [0.5, 0.6) is 5.75 Å². The summed E-state index contributed by atoms with van der Waals surface area (Å²) < 4.78 is 11.2. The van der Waals surface area contributed by atoms with Gasteiger partial charge in [-0.3, -0.25) is 4.79 Å². The highest BCUT2D eigenvalue weighted by Crippen LogP contribution is 2.52. The van der Waals surface area contributed by atoms with Crippen molar-refractivity contribution >= 4 is 23.3 Å². The maximum atomic E-state index is 14.0. The van der Waals surface area contributed by atoms with Crippen LogP contribution in [-0.2, 0) is 24.5 Å². The van der Waals surface area contributed by atoms with E-state index in [-0.39, 0.29) is 19.0 Å². The molecule has 188 valence electrons. The predicted octanol–water partition coefficient (Wildman–Crippen LogP) is 4.93. The zero-order valence-electron chi connectivity index (χ0n) is 20.8. The van der Waals surface area contributed by atoms with Crippen LogP contribution < -0.4 is 5.32 Å². The average molecular weight is 507 g/mol. The maximum absolute atomic E-state index is 14.0. The van der Waals surface area contributed by atoms with Crippen LogP contribution >= 0.6 is 11.3 Å². The summed E-state index contributed by atoms with van der Waals surface area (Å²) in [4.78, 5) is 32.3. The fraction of sp³-hybridized carbons (Fsp3) is 0.321. The molecule has 8 heteroatoms. The van der Waals surface area contributed by atoms with Crippen molar-refractivity contribution in [2.75, 3.05) is 13.2 Å². The number of aromatic hydroxyl groups is 1. The Balaban J connectivity index is 2.01. The second-order valence-corrected chi connectivity index (χ2v) is 9.50. The van der Waals surface area contributed by atoms with Crippen LogP contribution in [-0.4, -0.2) is 41.3 Å². The highest BCUT2D eigenvalue weighted by molar-refractivity contribution is 7.10. The fourth-order valence-corrected chi connectivity index (χ4v) is 6.10. The first kappa shape index (κ1) is 25.4. The first-order valence-corrected chi connectivity index (χ1v) is 12.8. The molecule has 4 rings (SSSR count). The van der Waals surface area contributed by atoms with Crippen LogP contribution in [0.25, 0.3) is 11.3 Å². The van der Waals surface area contributed by atoms with Crippen molar-refractivity contribution in [3.05, 3.63) is 81.8 Å². The van der Waals surface area contributed by atoms with Gasteiger partial charge in [0.05, 0.1) is 24.5 Å². The molecule has 0 fully saturated rings. The van der Waals surface area contributed by atoms with Crippen molar-refractivity contribution < 1.29 is 24.2 Å². The molecule has 0 spiro atoms. The van der Waals surface area contributed by atoms with Gasteiger partial charge in [-0.05, 0) is 45.4 Å². The normalized spacial score (nSPS) is 21.6. The number of hydrogen-bond donors (Lipinski definition) is 2. The molecule has 36 heavy (non-hydrogen) atoms.